The Morgan fingerprint density at radius 3 is 2.80 bits per heavy atom. The lowest BCUT2D eigenvalue weighted by Crippen LogP contribution is -2.02. The molecule has 1 aromatic rings. The molecule has 0 aliphatic carbocycles. The molecule has 0 saturated carbocycles. The van der Waals surface area contributed by atoms with Crippen molar-refractivity contribution in [1.82, 2.24) is 0 Å². The Labute approximate surface area is 98.7 Å². The molecule has 0 aliphatic heterocycles. The third-order valence-corrected chi connectivity index (χ3v) is 2.39. The fraction of sp³-hybridized carbons (Fsp3) is 0.333. The van der Waals surface area contributed by atoms with E-state index in [2.05, 4.69) is 22.5 Å². The Morgan fingerprint density at radius 1 is 1.60 bits per heavy atom. The van der Waals surface area contributed by atoms with Crippen LogP contribution in [0.15, 0.2) is 34.8 Å². The molecule has 1 aromatic carbocycles. The molecule has 0 aliphatic rings. The van der Waals surface area contributed by atoms with Gasteiger partial charge in [-0.1, -0.05) is 22.5 Å². The molecule has 0 aromatic heterocycles. The highest BCUT2D eigenvalue weighted by Gasteiger charge is 2.09. The summed E-state index contributed by atoms with van der Waals surface area (Å²) in [4.78, 5) is 0. The summed E-state index contributed by atoms with van der Waals surface area (Å²) in [7, 11) is 0. The van der Waals surface area contributed by atoms with Crippen molar-refractivity contribution in [2.24, 2.45) is 0 Å². The minimum Gasteiger partial charge on any atom is -0.489 e. The highest BCUT2D eigenvalue weighted by molar-refractivity contribution is 9.10. The molecule has 0 bridgehead atoms. The van der Waals surface area contributed by atoms with E-state index >= 15 is 0 Å². The second kappa shape index (κ2) is 5.33. The first-order chi connectivity index (χ1) is 7.00. The summed E-state index contributed by atoms with van der Waals surface area (Å²) in [6, 6.07) is 5.59. The predicted molar refractivity (Wildman–Crippen MR) is 65.1 cm³/mol. The molecule has 3 heteroatoms. The first-order valence-corrected chi connectivity index (χ1v) is 5.54. The van der Waals surface area contributed by atoms with Crippen LogP contribution in [0.4, 0.5) is 0 Å². The quantitative estimate of drug-likeness (QED) is 0.850. The van der Waals surface area contributed by atoms with Gasteiger partial charge in [-0.3, -0.25) is 0 Å². The Balaban J connectivity index is 2.90. The molecule has 1 atom stereocenters. The molecule has 82 valence electrons. The van der Waals surface area contributed by atoms with Gasteiger partial charge < -0.3 is 9.84 Å². The Bertz CT molecular complexity index is 359. The summed E-state index contributed by atoms with van der Waals surface area (Å²) in [6.07, 6.45) is -0.539. The summed E-state index contributed by atoms with van der Waals surface area (Å²) < 4.78 is 6.47. The van der Waals surface area contributed by atoms with Crippen molar-refractivity contribution in [2.75, 3.05) is 6.61 Å². The standard InChI is InChI=1S/C12H15BrO2/c1-8(2)7-15-12-5-4-10(13)6-11(12)9(3)14/h4-6,9,14H,1,7H2,2-3H3/t9-/m1/s1. The van der Waals surface area contributed by atoms with E-state index in [0.717, 1.165) is 15.6 Å². The second-order valence-electron chi connectivity index (χ2n) is 3.60. The molecule has 0 spiro atoms. The van der Waals surface area contributed by atoms with Crippen LogP contribution >= 0.6 is 15.9 Å². The van der Waals surface area contributed by atoms with Crippen molar-refractivity contribution in [3.63, 3.8) is 0 Å². The average molecular weight is 271 g/mol. The molecule has 0 unspecified atom stereocenters. The SMILES string of the molecule is C=C(C)COc1ccc(Br)cc1[C@@H](C)O. The van der Waals surface area contributed by atoms with Crippen LogP contribution in [0.5, 0.6) is 5.75 Å². The van der Waals surface area contributed by atoms with Gasteiger partial charge in [-0.2, -0.15) is 0 Å². The van der Waals surface area contributed by atoms with Gasteiger partial charge in [-0.05, 0) is 37.6 Å². The van der Waals surface area contributed by atoms with Crippen molar-refractivity contribution < 1.29 is 9.84 Å². The van der Waals surface area contributed by atoms with Crippen LogP contribution in [0, 0.1) is 0 Å². The van der Waals surface area contributed by atoms with E-state index in [0.29, 0.717) is 12.4 Å². The minimum absolute atomic E-state index is 0.474. The topological polar surface area (TPSA) is 29.5 Å². The number of benzene rings is 1. The average Bonchev–Trinajstić information content (AvgIpc) is 2.15. The van der Waals surface area contributed by atoms with Gasteiger partial charge in [0, 0.05) is 10.0 Å². The van der Waals surface area contributed by atoms with Crippen molar-refractivity contribution in [2.45, 2.75) is 20.0 Å². The first-order valence-electron chi connectivity index (χ1n) is 4.75. The van der Waals surface area contributed by atoms with Gasteiger partial charge in [-0.25, -0.2) is 0 Å². The predicted octanol–water partition coefficient (Wildman–Crippen LogP) is 3.46. The molecule has 0 amide bonds. The lowest BCUT2D eigenvalue weighted by Gasteiger charge is -2.13. The maximum Gasteiger partial charge on any atom is 0.125 e. The molecule has 0 saturated heterocycles. The van der Waals surface area contributed by atoms with E-state index < -0.39 is 6.10 Å². The summed E-state index contributed by atoms with van der Waals surface area (Å²) in [5, 5.41) is 9.57. The smallest absolute Gasteiger partial charge is 0.125 e. The van der Waals surface area contributed by atoms with Gasteiger partial charge in [0.2, 0.25) is 0 Å². The number of hydrogen-bond acceptors (Lipinski definition) is 2. The summed E-state index contributed by atoms with van der Waals surface area (Å²) >= 11 is 3.36. The van der Waals surface area contributed by atoms with Gasteiger partial charge in [0.15, 0.2) is 0 Å². The Kier molecular flexibility index (Phi) is 4.36. The largest absolute Gasteiger partial charge is 0.489 e. The van der Waals surface area contributed by atoms with E-state index in [1.807, 2.05) is 25.1 Å². The van der Waals surface area contributed by atoms with Crippen molar-refractivity contribution in [1.29, 1.82) is 0 Å². The summed E-state index contributed by atoms with van der Waals surface area (Å²) in [6.45, 7) is 7.86. The number of halogens is 1. The fourth-order valence-corrected chi connectivity index (χ4v) is 1.56. The zero-order valence-electron chi connectivity index (χ0n) is 8.96. The normalized spacial score (nSPS) is 12.3. The zero-order valence-corrected chi connectivity index (χ0v) is 10.5. The molecule has 1 N–H and O–H groups in total. The molecule has 0 heterocycles. The lowest BCUT2D eigenvalue weighted by atomic mass is 10.1. The van der Waals surface area contributed by atoms with Crippen LogP contribution in [0.1, 0.15) is 25.5 Å². The second-order valence-corrected chi connectivity index (χ2v) is 4.52. The highest BCUT2D eigenvalue weighted by atomic mass is 79.9. The van der Waals surface area contributed by atoms with Crippen LogP contribution in [0.2, 0.25) is 0 Å². The van der Waals surface area contributed by atoms with Crippen molar-refractivity contribution in [3.8, 4) is 5.75 Å². The van der Waals surface area contributed by atoms with Gasteiger partial charge in [-0.15, -0.1) is 0 Å². The molecule has 1 rings (SSSR count). The van der Waals surface area contributed by atoms with Gasteiger partial charge in [0.1, 0.15) is 12.4 Å². The van der Waals surface area contributed by atoms with Gasteiger partial charge in [0.25, 0.3) is 0 Å². The number of aliphatic hydroxyl groups excluding tert-OH is 1. The van der Waals surface area contributed by atoms with Gasteiger partial charge >= 0.3 is 0 Å². The van der Waals surface area contributed by atoms with E-state index in [-0.39, 0.29) is 0 Å². The number of aliphatic hydroxyl groups is 1. The molecule has 0 radical (unpaired) electrons. The maximum atomic E-state index is 9.57. The van der Waals surface area contributed by atoms with Crippen molar-refractivity contribution in [3.05, 3.63) is 40.4 Å². The van der Waals surface area contributed by atoms with E-state index in [1.54, 1.807) is 6.92 Å². The molecular formula is C12H15BrO2. The zero-order chi connectivity index (χ0) is 11.4. The van der Waals surface area contributed by atoms with Gasteiger partial charge in [0.05, 0.1) is 6.10 Å². The number of ether oxygens (including phenoxy) is 1. The Hall–Kier alpha value is -0.800. The maximum absolute atomic E-state index is 9.57. The summed E-state index contributed by atoms with van der Waals surface area (Å²) in [5.41, 5.74) is 1.74. The van der Waals surface area contributed by atoms with Crippen LogP contribution in [0.25, 0.3) is 0 Å². The molecule has 15 heavy (non-hydrogen) atoms. The van der Waals surface area contributed by atoms with E-state index in [4.69, 9.17) is 4.74 Å². The first kappa shape index (κ1) is 12.3. The number of rotatable bonds is 4. The fourth-order valence-electron chi connectivity index (χ4n) is 1.18. The Morgan fingerprint density at radius 2 is 2.27 bits per heavy atom. The van der Waals surface area contributed by atoms with Crippen LogP contribution in [-0.4, -0.2) is 11.7 Å². The van der Waals surface area contributed by atoms with Crippen LogP contribution < -0.4 is 4.74 Å². The third-order valence-electron chi connectivity index (χ3n) is 1.90. The van der Waals surface area contributed by atoms with Crippen molar-refractivity contribution >= 4 is 15.9 Å². The highest BCUT2D eigenvalue weighted by Crippen LogP contribution is 2.28. The molecule has 2 nitrogen and oxygen atoms in total. The van der Waals surface area contributed by atoms with E-state index in [1.165, 1.54) is 0 Å². The monoisotopic (exact) mass is 270 g/mol. The molecule has 0 fully saturated rings. The number of hydrogen-bond donors (Lipinski definition) is 1. The molecular weight excluding hydrogens is 256 g/mol. The minimum atomic E-state index is -0.539. The third kappa shape index (κ3) is 3.68. The lowest BCUT2D eigenvalue weighted by molar-refractivity contribution is 0.192. The summed E-state index contributed by atoms with van der Waals surface area (Å²) in [5.74, 6) is 0.705. The van der Waals surface area contributed by atoms with Crippen LogP contribution in [-0.2, 0) is 0 Å². The van der Waals surface area contributed by atoms with Crippen LogP contribution in [0.3, 0.4) is 0 Å². The van der Waals surface area contributed by atoms with E-state index in [9.17, 15) is 5.11 Å².